The fraction of sp³-hybridized carbons (Fsp3) is 0.133. The zero-order chi connectivity index (χ0) is 14.5. The second-order valence-corrected chi connectivity index (χ2v) is 4.23. The van der Waals surface area contributed by atoms with Crippen LogP contribution in [0.25, 0.3) is 0 Å². The number of nitrogens with two attached hydrogens (primary N) is 1. The molecule has 104 valence electrons. The Bertz CT molecular complexity index is 615. The number of anilines is 1. The van der Waals surface area contributed by atoms with Crippen molar-refractivity contribution in [2.75, 3.05) is 12.3 Å². The van der Waals surface area contributed by atoms with Gasteiger partial charge in [-0.1, -0.05) is 30.3 Å². The number of nitrogen functional groups attached to an aromatic ring is 1. The van der Waals surface area contributed by atoms with Crippen LogP contribution in [-0.4, -0.2) is 12.6 Å². The van der Waals surface area contributed by atoms with Gasteiger partial charge in [-0.3, -0.25) is 0 Å². The summed E-state index contributed by atoms with van der Waals surface area (Å²) in [6.07, 6.45) is 0.538. The smallest absolute Gasteiger partial charge is 0.340 e. The third-order valence-electron chi connectivity index (χ3n) is 2.78. The minimum Gasteiger partial charge on any atom is -0.462 e. The third-order valence-corrected chi connectivity index (χ3v) is 2.78. The molecule has 2 N–H and O–H groups in total. The number of ether oxygens (including phenoxy) is 1. The topological polar surface area (TPSA) is 52.3 Å². The minimum atomic E-state index is -1.13. The number of esters is 1. The number of halogens is 2. The summed E-state index contributed by atoms with van der Waals surface area (Å²) in [7, 11) is 0. The maximum Gasteiger partial charge on any atom is 0.340 e. The van der Waals surface area contributed by atoms with Crippen LogP contribution in [0.2, 0.25) is 0 Å². The van der Waals surface area contributed by atoms with Crippen LogP contribution in [0.3, 0.4) is 0 Å². The van der Waals surface area contributed by atoms with Gasteiger partial charge in [0.2, 0.25) is 0 Å². The highest BCUT2D eigenvalue weighted by Crippen LogP contribution is 2.18. The molecule has 0 aromatic heterocycles. The molecule has 0 spiro atoms. The molecule has 2 aromatic carbocycles. The molecule has 0 bridgehead atoms. The Morgan fingerprint density at radius 2 is 1.75 bits per heavy atom. The summed E-state index contributed by atoms with van der Waals surface area (Å²) in [5.41, 5.74) is 6.16. The van der Waals surface area contributed by atoms with Crippen LogP contribution in [0, 0.1) is 11.6 Å². The summed E-state index contributed by atoms with van der Waals surface area (Å²) in [4.78, 5) is 11.7. The summed E-state index contributed by atoms with van der Waals surface area (Å²) in [6.45, 7) is 0.140. The summed E-state index contributed by atoms with van der Waals surface area (Å²) in [5, 5.41) is 0. The van der Waals surface area contributed by atoms with E-state index in [2.05, 4.69) is 0 Å². The highest BCUT2D eigenvalue weighted by Gasteiger charge is 2.15. The van der Waals surface area contributed by atoms with Crippen LogP contribution in [0.5, 0.6) is 0 Å². The van der Waals surface area contributed by atoms with Crippen molar-refractivity contribution in [3.63, 3.8) is 0 Å². The molecule has 0 amide bonds. The van der Waals surface area contributed by atoms with Gasteiger partial charge in [0.1, 0.15) is 0 Å². The normalized spacial score (nSPS) is 10.3. The number of rotatable bonds is 4. The molecule has 0 saturated carbocycles. The maximum absolute atomic E-state index is 13.1. The van der Waals surface area contributed by atoms with Crippen molar-refractivity contribution in [3.8, 4) is 0 Å². The van der Waals surface area contributed by atoms with E-state index in [0.717, 1.165) is 17.7 Å². The molecule has 0 unspecified atom stereocenters. The molecule has 0 radical (unpaired) electrons. The predicted molar refractivity (Wildman–Crippen MR) is 71.2 cm³/mol. The first kappa shape index (κ1) is 14.0. The lowest BCUT2D eigenvalue weighted by Gasteiger charge is -2.07. The molecule has 2 rings (SSSR count). The van der Waals surface area contributed by atoms with Crippen molar-refractivity contribution in [3.05, 3.63) is 65.2 Å². The number of benzene rings is 2. The van der Waals surface area contributed by atoms with Gasteiger partial charge in [0.25, 0.3) is 0 Å². The van der Waals surface area contributed by atoms with Gasteiger partial charge < -0.3 is 10.5 Å². The van der Waals surface area contributed by atoms with Crippen LogP contribution in [0.15, 0.2) is 42.5 Å². The van der Waals surface area contributed by atoms with E-state index < -0.39 is 17.6 Å². The first-order valence-electron chi connectivity index (χ1n) is 6.03. The van der Waals surface area contributed by atoms with Crippen LogP contribution < -0.4 is 5.73 Å². The minimum absolute atomic E-state index is 0.140. The van der Waals surface area contributed by atoms with Gasteiger partial charge in [-0.2, -0.15) is 0 Å². The Hall–Kier alpha value is -2.43. The van der Waals surface area contributed by atoms with Crippen molar-refractivity contribution in [2.24, 2.45) is 0 Å². The van der Waals surface area contributed by atoms with Crippen molar-refractivity contribution in [1.29, 1.82) is 0 Å². The zero-order valence-corrected chi connectivity index (χ0v) is 10.6. The van der Waals surface area contributed by atoms with Crippen LogP contribution in [0.1, 0.15) is 15.9 Å². The Morgan fingerprint density at radius 1 is 1.10 bits per heavy atom. The van der Waals surface area contributed by atoms with E-state index in [1.807, 2.05) is 30.3 Å². The Kier molecular flexibility index (Phi) is 4.30. The van der Waals surface area contributed by atoms with Gasteiger partial charge in [-0.05, 0) is 11.6 Å². The van der Waals surface area contributed by atoms with Crippen molar-refractivity contribution >= 4 is 11.7 Å². The van der Waals surface area contributed by atoms with E-state index in [1.165, 1.54) is 0 Å². The quantitative estimate of drug-likeness (QED) is 0.690. The molecule has 0 aliphatic carbocycles. The fourth-order valence-electron chi connectivity index (χ4n) is 1.72. The van der Waals surface area contributed by atoms with Crippen molar-refractivity contribution < 1.29 is 18.3 Å². The van der Waals surface area contributed by atoms with Crippen molar-refractivity contribution in [1.82, 2.24) is 0 Å². The van der Waals surface area contributed by atoms with Crippen LogP contribution in [0.4, 0.5) is 14.5 Å². The predicted octanol–water partition coefficient (Wildman–Crippen LogP) is 2.95. The van der Waals surface area contributed by atoms with E-state index in [1.54, 1.807) is 0 Å². The first-order valence-corrected chi connectivity index (χ1v) is 6.03. The fourth-order valence-corrected chi connectivity index (χ4v) is 1.72. The molecule has 0 aliphatic heterocycles. The van der Waals surface area contributed by atoms with Gasteiger partial charge in [-0.15, -0.1) is 0 Å². The Morgan fingerprint density at radius 3 is 2.45 bits per heavy atom. The molecule has 0 heterocycles. The second-order valence-electron chi connectivity index (χ2n) is 4.23. The average molecular weight is 277 g/mol. The average Bonchev–Trinajstić information content (AvgIpc) is 2.44. The van der Waals surface area contributed by atoms with Crippen LogP contribution >= 0.6 is 0 Å². The van der Waals surface area contributed by atoms with Gasteiger partial charge >= 0.3 is 5.97 Å². The highest BCUT2D eigenvalue weighted by atomic mass is 19.2. The van der Waals surface area contributed by atoms with Gasteiger partial charge in [0, 0.05) is 18.2 Å². The van der Waals surface area contributed by atoms with E-state index in [-0.39, 0.29) is 17.9 Å². The van der Waals surface area contributed by atoms with E-state index in [9.17, 15) is 13.6 Å². The third kappa shape index (κ3) is 3.32. The Labute approximate surface area is 115 Å². The molecular formula is C15H13F2NO2. The van der Waals surface area contributed by atoms with Gasteiger partial charge in [0.15, 0.2) is 11.6 Å². The highest BCUT2D eigenvalue weighted by molar-refractivity contribution is 5.95. The molecule has 5 heteroatoms. The number of carbonyl (C=O) groups is 1. The molecule has 0 aliphatic rings. The molecule has 20 heavy (non-hydrogen) atoms. The summed E-state index contributed by atoms with van der Waals surface area (Å²) in [6, 6.07) is 11.0. The second kappa shape index (κ2) is 6.14. The van der Waals surface area contributed by atoms with E-state index >= 15 is 0 Å². The lowest BCUT2D eigenvalue weighted by Crippen LogP contribution is -2.11. The van der Waals surface area contributed by atoms with E-state index in [4.69, 9.17) is 10.5 Å². The lowest BCUT2D eigenvalue weighted by atomic mass is 10.1. The van der Waals surface area contributed by atoms with Gasteiger partial charge in [0.05, 0.1) is 12.2 Å². The largest absolute Gasteiger partial charge is 0.462 e. The summed E-state index contributed by atoms with van der Waals surface area (Å²) >= 11 is 0. The van der Waals surface area contributed by atoms with E-state index in [0.29, 0.717) is 6.42 Å². The number of hydrogen-bond acceptors (Lipinski definition) is 3. The molecule has 0 atom stereocenters. The van der Waals surface area contributed by atoms with Crippen LogP contribution in [-0.2, 0) is 11.2 Å². The zero-order valence-electron chi connectivity index (χ0n) is 10.6. The molecule has 2 aromatic rings. The summed E-state index contributed by atoms with van der Waals surface area (Å²) < 4.78 is 31.0. The lowest BCUT2D eigenvalue weighted by molar-refractivity contribution is 0.0510. The summed E-state index contributed by atoms with van der Waals surface area (Å²) in [5.74, 6) is -2.99. The monoisotopic (exact) mass is 277 g/mol. The van der Waals surface area contributed by atoms with Gasteiger partial charge in [-0.25, -0.2) is 13.6 Å². The molecule has 0 fully saturated rings. The molecule has 0 saturated heterocycles. The SMILES string of the molecule is Nc1cc(F)c(F)cc1C(=O)OCCc1ccccc1. The number of hydrogen-bond donors (Lipinski definition) is 1. The molecular weight excluding hydrogens is 264 g/mol. The Balaban J connectivity index is 1.97. The standard InChI is InChI=1S/C15H13F2NO2/c16-12-8-11(14(18)9-13(12)17)15(19)20-7-6-10-4-2-1-3-5-10/h1-5,8-9H,6-7,18H2. The number of carbonyl (C=O) groups excluding carboxylic acids is 1. The first-order chi connectivity index (χ1) is 9.58. The molecule has 3 nitrogen and oxygen atoms in total. The van der Waals surface area contributed by atoms with Crippen molar-refractivity contribution in [2.45, 2.75) is 6.42 Å². The maximum atomic E-state index is 13.1.